The van der Waals surface area contributed by atoms with E-state index in [1.54, 1.807) is 24.4 Å². The lowest BCUT2D eigenvalue weighted by Gasteiger charge is -2.04. The van der Waals surface area contributed by atoms with E-state index in [9.17, 15) is 5.11 Å². The number of aromatic nitrogens is 3. The molecule has 0 amide bonds. The van der Waals surface area contributed by atoms with Crippen molar-refractivity contribution in [1.82, 2.24) is 15.1 Å². The van der Waals surface area contributed by atoms with Gasteiger partial charge in [0.1, 0.15) is 5.69 Å². The summed E-state index contributed by atoms with van der Waals surface area (Å²) in [6, 6.07) is 14.9. The highest BCUT2D eigenvalue weighted by atomic mass is 16.5. The molecular formula is C18H13N3O3. The van der Waals surface area contributed by atoms with Crippen LogP contribution in [0.5, 0.6) is 11.5 Å². The minimum absolute atomic E-state index is 0.0407. The van der Waals surface area contributed by atoms with Crippen molar-refractivity contribution in [3.63, 3.8) is 0 Å². The van der Waals surface area contributed by atoms with Crippen LogP contribution in [0, 0.1) is 0 Å². The van der Waals surface area contributed by atoms with Crippen LogP contribution in [-0.2, 0) is 0 Å². The van der Waals surface area contributed by atoms with Crippen molar-refractivity contribution < 1.29 is 14.4 Å². The molecule has 0 fully saturated rings. The second-order valence-corrected chi connectivity index (χ2v) is 5.16. The average Bonchev–Trinajstić information content (AvgIpc) is 3.11. The number of benzene rings is 2. The summed E-state index contributed by atoms with van der Waals surface area (Å²) in [5, 5.41) is 16.2. The van der Waals surface area contributed by atoms with Gasteiger partial charge in [0, 0.05) is 11.6 Å². The number of methoxy groups -OCH3 is 1. The smallest absolute Gasteiger partial charge is 0.262 e. The number of ether oxygens (including phenoxy) is 1. The largest absolute Gasteiger partial charge is 0.504 e. The molecule has 1 N–H and O–H groups in total. The Morgan fingerprint density at radius 1 is 1.04 bits per heavy atom. The number of para-hydroxylation sites is 1. The van der Waals surface area contributed by atoms with Gasteiger partial charge < -0.3 is 14.4 Å². The van der Waals surface area contributed by atoms with E-state index < -0.39 is 0 Å². The zero-order chi connectivity index (χ0) is 16.5. The van der Waals surface area contributed by atoms with Gasteiger partial charge >= 0.3 is 0 Å². The lowest BCUT2D eigenvalue weighted by Crippen LogP contribution is -1.88. The van der Waals surface area contributed by atoms with Crippen molar-refractivity contribution in [1.29, 1.82) is 0 Å². The third kappa shape index (κ3) is 2.25. The van der Waals surface area contributed by atoms with E-state index in [1.165, 1.54) is 7.11 Å². The molecule has 0 aliphatic carbocycles. The molecule has 4 aromatic rings. The van der Waals surface area contributed by atoms with Gasteiger partial charge in [0.15, 0.2) is 11.5 Å². The minimum atomic E-state index is -0.0407. The number of hydrogen-bond donors (Lipinski definition) is 1. The summed E-state index contributed by atoms with van der Waals surface area (Å²) < 4.78 is 10.4. The Morgan fingerprint density at radius 2 is 1.92 bits per heavy atom. The van der Waals surface area contributed by atoms with Crippen LogP contribution in [0.25, 0.3) is 33.7 Å². The van der Waals surface area contributed by atoms with Crippen LogP contribution in [0.4, 0.5) is 0 Å². The number of rotatable bonds is 3. The van der Waals surface area contributed by atoms with Gasteiger partial charge in [-0.1, -0.05) is 35.5 Å². The number of aromatic hydroxyl groups is 1. The normalized spacial score (nSPS) is 10.9. The molecule has 0 unspecified atom stereocenters. The van der Waals surface area contributed by atoms with E-state index in [1.807, 2.05) is 30.3 Å². The van der Waals surface area contributed by atoms with Crippen LogP contribution in [0.15, 0.2) is 59.3 Å². The minimum Gasteiger partial charge on any atom is -0.504 e. The van der Waals surface area contributed by atoms with E-state index in [-0.39, 0.29) is 11.6 Å². The molecule has 24 heavy (non-hydrogen) atoms. The zero-order valence-electron chi connectivity index (χ0n) is 12.8. The fraction of sp³-hybridized carbons (Fsp3) is 0.0556. The summed E-state index contributed by atoms with van der Waals surface area (Å²) in [4.78, 5) is 8.75. The van der Waals surface area contributed by atoms with Crippen LogP contribution in [0.1, 0.15) is 0 Å². The Bertz CT molecular complexity index is 1020. The topological polar surface area (TPSA) is 81.3 Å². The summed E-state index contributed by atoms with van der Waals surface area (Å²) in [7, 11) is 1.48. The summed E-state index contributed by atoms with van der Waals surface area (Å²) in [5.74, 6) is 0.872. The van der Waals surface area contributed by atoms with Crippen LogP contribution in [-0.4, -0.2) is 27.3 Å². The average molecular weight is 319 g/mol. The van der Waals surface area contributed by atoms with E-state index in [4.69, 9.17) is 9.26 Å². The van der Waals surface area contributed by atoms with E-state index in [2.05, 4.69) is 15.1 Å². The number of nitrogens with zero attached hydrogens (tertiary/aromatic N) is 3. The van der Waals surface area contributed by atoms with Gasteiger partial charge in [0.25, 0.3) is 5.89 Å². The molecule has 6 heteroatoms. The van der Waals surface area contributed by atoms with Crippen molar-refractivity contribution in [2.75, 3.05) is 7.11 Å². The van der Waals surface area contributed by atoms with Gasteiger partial charge in [0.05, 0.1) is 12.7 Å². The predicted octanol–water partition coefficient (Wildman–Crippen LogP) is 3.67. The van der Waals surface area contributed by atoms with Gasteiger partial charge in [0.2, 0.25) is 5.82 Å². The predicted molar refractivity (Wildman–Crippen MR) is 88.7 cm³/mol. The Morgan fingerprint density at radius 3 is 2.79 bits per heavy atom. The van der Waals surface area contributed by atoms with Gasteiger partial charge in [-0.05, 0) is 23.6 Å². The van der Waals surface area contributed by atoms with Gasteiger partial charge in [-0.25, -0.2) is 0 Å². The number of phenols is 1. The van der Waals surface area contributed by atoms with Crippen LogP contribution in [0.3, 0.4) is 0 Å². The first kappa shape index (κ1) is 14.2. The molecule has 0 bridgehead atoms. The number of fused-ring (bicyclic) bond motifs is 1. The van der Waals surface area contributed by atoms with Gasteiger partial charge in [-0.2, -0.15) is 4.98 Å². The SMILES string of the molecule is COc1cccc(-c2nc(-c3nccc4ccccc34)no2)c1O. The monoisotopic (exact) mass is 319 g/mol. The molecule has 4 rings (SSSR count). The number of pyridine rings is 1. The molecule has 6 nitrogen and oxygen atoms in total. The molecule has 0 saturated carbocycles. The maximum Gasteiger partial charge on any atom is 0.262 e. The fourth-order valence-corrected chi connectivity index (χ4v) is 2.59. The molecule has 0 atom stereocenters. The lowest BCUT2D eigenvalue weighted by molar-refractivity contribution is 0.371. The van der Waals surface area contributed by atoms with Crippen molar-refractivity contribution in [2.24, 2.45) is 0 Å². The molecule has 2 heterocycles. The highest BCUT2D eigenvalue weighted by Crippen LogP contribution is 2.36. The Labute approximate surface area is 137 Å². The third-order valence-electron chi connectivity index (χ3n) is 3.76. The summed E-state index contributed by atoms with van der Waals surface area (Å²) in [5.41, 5.74) is 1.04. The first-order valence-electron chi connectivity index (χ1n) is 7.32. The third-order valence-corrected chi connectivity index (χ3v) is 3.76. The molecule has 118 valence electrons. The van der Waals surface area contributed by atoms with E-state index in [0.29, 0.717) is 22.8 Å². The summed E-state index contributed by atoms with van der Waals surface area (Å²) in [6.45, 7) is 0. The maximum atomic E-state index is 10.2. The fourth-order valence-electron chi connectivity index (χ4n) is 2.59. The number of phenolic OH excluding ortho intramolecular Hbond substituents is 1. The van der Waals surface area contributed by atoms with Crippen molar-refractivity contribution in [3.05, 3.63) is 54.7 Å². The second kappa shape index (κ2) is 5.66. The Hall–Kier alpha value is -3.41. The molecular weight excluding hydrogens is 306 g/mol. The quantitative estimate of drug-likeness (QED) is 0.620. The molecule has 0 aliphatic rings. The Balaban J connectivity index is 1.83. The molecule has 0 radical (unpaired) electrons. The zero-order valence-corrected chi connectivity index (χ0v) is 12.8. The van der Waals surface area contributed by atoms with Crippen LogP contribution >= 0.6 is 0 Å². The summed E-state index contributed by atoms with van der Waals surface area (Å²) >= 11 is 0. The maximum absolute atomic E-state index is 10.2. The highest BCUT2D eigenvalue weighted by molar-refractivity contribution is 5.92. The summed E-state index contributed by atoms with van der Waals surface area (Å²) in [6.07, 6.45) is 1.71. The van der Waals surface area contributed by atoms with E-state index in [0.717, 1.165) is 10.8 Å². The highest BCUT2D eigenvalue weighted by Gasteiger charge is 2.18. The first-order valence-corrected chi connectivity index (χ1v) is 7.32. The van der Waals surface area contributed by atoms with Crippen molar-refractivity contribution >= 4 is 10.8 Å². The standard InChI is InChI=1S/C18H13N3O3/c1-23-14-8-4-7-13(16(14)22)18-20-17(21-24-18)15-12-6-3-2-5-11(12)9-10-19-15/h2-10,22H,1H3. The first-order chi connectivity index (χ1) is 11.8. The number of hydrogen-bond acceptors (Lipinski definition) is 6. The molecule has 2 aromatic carbocycles. The van der Waals surface area contributed by atoms with Crippen molar-refractivity contribution in [2.45, 2.75) is 0 Å². The van der Waals surface area contributed by atoms with Crippen molar-refractivity contribution in [3.8, 4) is 34.5 Å². The molecule has 0 saturated heterocycles. The van der Waals surface area contributed by atoms with E-state index >= 15 is 0 Å². The van der Waals surface area contributed by atoms with Crippen LogP contribution < -0.4 is 4.74 Å². The Kier molecular flexibility index (Phi) is 3.35. The van der Waals surface area contributed by atoms with Gasteiger partial charge in [-0.15, -0.1) is 0 Å². The molecule has 0 spiro atoms. The van der Waals surface area contributed by atoms with Crippen LogP contribution in [0.2, 0.25) is 0 Å². The lowest BCUT2D eigenvalue weighted by atomic mass is 10.1. The second-order valence-electron chi connectivity index (χ2n) is 5.16. The molecule has 2 aromatic heterocycles. The van der Waals surface area contributed by atoms with Gasteiger partial charge in [-0.3, -0.25) is 4.98 Å². The molecule has 0 aliphatic heterocycles.